The Bertz CT molecular complexity index is 1760. The lowest BCUT2D eigenvalue weighted by Crippen LogP contribution is -2.19. The van der Waals surface area contributed by atoms with E-state index in [9.17, 15) is 13.4 Å². The Hall–Kier alpha value is -5.04. The van der Waals surface area contributed by atoms with E-state index in [0.717, 1.165) is 28.6 Å². The maximum absolute atomic E-state index is 14.9. The maximum atomic E-state index is 14.9. The zero-order chi connectivity index (χ0) is 32.6. The van der Waals surface area contributed by atoms with Gasteiger partial charge in [0.2, 0.25) is 5.91 Å². The van der Waals surface area contributed by atoms with Crippen molar-refractivity contribution in [1.29, 1.82) is 0 Å². The maximum Gasteiger partial charge on any atom is 0.679 e. The molecule has 13 heteroatoms. The van der Waals surface area contributed by atoms with Crippen molar-refractivity contribution in [3.63, 3.8) is 0 Å². The van der Waals surface area contributed by atoms with E-state index in [0.29, 0.717) is 40.7 Å². The van der Waals surface area contributed by atoms with Crippen molar-refractivity contribution < 1.29 is 23.3 Å². The number of rotatable bonds is 13. The first kappa shape index (κ1) is 32.4. The van der Waals surface area contributed by atoms with Gasteiger partial charge in [0.25, 0.3) is 0 Å². The highest BCUT2D eigenvalue weighted by Crippen LogP contribution is 2.35. The van der Waals surface area contributed by atoms with Gasteiger partial charge in [0.05, 0.1) is 30.0 Å². The van der Waals surface area contributed by atoms with E-state index >= 15 is 0 Å². The van der Waals surface area contributed by atoms with E-state index in [2.05, 4.69) is 34.8 Å². The monoisotopic (exact) mass is 627 g/mol. The third kappa shape index (κ3) is 7.26. The van der Waals surface area contributed by atoms with Crippen LogP contribution in [0.4, 0.5) is 20.1 Å². The zero-order valence-electron chi connectivity index (χ0n) is 26.0. The van der Waals surface area contributed by atoms with E-state index in [1.54, 1.807) is 53.2 Å². The van der Waals surface area contributed by atoms with E-state index in [1.165, 1.54) is 0 Å². The van der Waals surface area contributed by atoms with Crippen molar-refractivity contribution in [1.82, 2.24) is 19.5 Å². The number of allylic oxidation sites excluding steroid dienone is 2. The average Bonchev–Trinajstić information content (AvgIpc) is 3.82. The van der Waals surface area contributed by atoms with Gasteiger partial charge in [-0.15, -0.1) is 5.10 Å². The van der Waals surface area contributed by atoms with Crippen molar-refractivity contribution in [2.75, 3.05) is 23.8 Å². The average molecular weight is 628 g/mol. The van der Waals surface area contributed by atoms with E-state index in [-0.39, 0.29) is 24.0 Å². The summed E-state index contributed by atoms with van der Waals surface area (Å²) in [5.41, 5.74) is 3.88. The molecule has 238 valence electrons. The summed E-state index contributed by atoms with van der Waals surface area (Å²) in [5.74, 6) is 1.08. The summed E-state index contributed by atoms with van der Waals surface area (Å²) in [5, 5.41) is 23.4. The number of benzene rings is 2. The Balaban J connectivity index is 1.56. The fourth-order valence-electron chi connectivity index (χ4n) is 5.30. The summed E-state index contributed by atoms with van der Waals surface area (Å²) in [6, 6.07) is 17.4. The summed E-state index contributed by atoms with van der Waals surface area (Å²) >= 11 is 0. The number of nitrogens with one attached hydrogen (secondary N) is 2. The predicted molar refractivity (Wildman–Crippen MR) is 176 cm³/mol. The van der Waals surface area contributed by atoms with Crippen molar-refractivity contribution in [3.8, 4) is 5.75 Å². The number of nitrogens with zero attached hydrogens (tertiary/aromatic N) is 5. The summed E-state index contributed by atoms with van der Waals surface area (Å²) in [4.78, 5) is 16.5. The largest absolute Gasteiger partial charge is 0.679 e. The second-order valence-electron chi connectivity index (χ2n) is 10.8. The second kappa shape index (κ2) is 14.8. The topological polar surface area (TPSA) is 119 Å². The Kier molecular flexibility index (Phi) is 10.4. The number of halogens is 2. The summed E-state index contributed by atoms with van der Waals surface area (Å²) < 4.78 is 38.0. The molecule has 3 N–H and O–H groups in total. The summed E-state index contributed by atoms with van der Waals surface area (Å²) in [6.07, 6.45) is 7.37. The number of ether oxygens (including phenoxy) is 1. The Morgan fingerprint density at radius 2 is 1.85 bits per heavy atom. The van der Waals surface area contributed by atoms with Gasteiger partial charge in [-0.3, -0.25) is 13.4 Å². The number of hydrogen-bond acceptors (Lipinski definition) is 7. The van der Waals surface area contributed by atoms with Gasteiger partial charge >= 0.3 is 7.40 Å². The lowest BCUT2D eigenvalue weighted by Gasteiger charge is -2.17. The van der Waals surface area contributed by atoms with Crippen LogP contribution >= 0.6 is 0 Å². The van der Waals surface area contributed by atoms with Crippen LogP contribution in [0, 0.1) is 0 Å². The molecule has 1 amide bonds. The molecular weight excluding hydrogens is 591 g/mol. The van der Waals surface area contributed by atoms with Crippen LogP contribution in [0.5, 0.6) is 5.75 Å². The Morgan fingerprint density at radius 1 is 1.07 bits per heavy atom. The van der Waals surface area contributed by atoms with Gasteiger partial charge in [-0.05, 0) is 61.4 Å². The number of carbonyl (C=O) groups is 1. The molecule has 2 aromatic heterocycles. The van der Waals surface area contributed by atoms with Gasteiger partial charge in [-0.1, -0.05) is 55.8 Å². The number of hydrogen-bond donors (Lipinski definition) is 3. The van der Waals surface area contributed by atoms with Crippen LogP contribution in [0.3, 0.4) is 0 Å². The molecule has 1 aliphatic rings. The third-order valence-corrected chi connectivity index (χ3v) is 7.56. The summed E-state index contributed by atoms with van der Waals surface area (Å²) in [6.45, 7) is 6.20. The van der Waals surface area contributed by atoms with Gasteiger partial charge in [0.1, 0.15) is 12.4 Å². The second-order valence-corrected chi connectivity index (χ2v) is 10.8. The number of aliphatic hydroxyl groups is 1. The van der Waals surface area contributed by atoms with E-state index in [1.807, 2.05) is 37.4 Å². The minimum atomic E-state index is -2.87. The molecule has 0 aliphatic carbocycles. The molecule has 1 unspecified atom stereocenters. The highest BCUT2D eigenvalue weighted by Gasteiger charge is 2.28. The molecule has 1 atom stereocenters. The normalized spacial score (nSPS) is 14.2. The van der Waals surface area contributed by atoms with Crippen molar-refractivity contribution >= 4 is 36.2 Å². The smallest absolute Gasteiger partial charge is 0.494 e. The highest BCUT2D eigenvalue weighted by molar-refractivity contribution is 6.42. The number of para-hydroxylation sites is 1. The molecule has 46 heavy (non-hydrogen) atoms. The molecule has 2 aromatic carbocycles. The molecule has 0 fully saturated rings. The van der Waals surface area contributed by atoms with Crippen LogP contribution in [0.2, 0.25) is 0 Å². The van der Waals surface area contributed by atoms with Crippen LogP contribution in [-0.2, 0) is 11.3 Å². The summed E-state index contributed by atoms with van der Waals surface area (Å²) in [7, 11) is -2.87. The minimum Gasteiger partial charge on any atom is -0.494 e. The van der Waals surface area contributed by atoms with Gasteiger partial charge in [0.15, 0.2) is 5.84 Å². The molecule has 0 bridgehead atoms. The number of aliphatic imine (C=N–C) groups is 1. The van der Waals surface area contributed by atoms with Crippen LogP contribution in [0.15, 0.2) is 89.7 Å². The van der Waals surface area contributed by atoms with Gasteiger partial charge in [-0.2, -0.15) is 0 Å². The number of amides is 1. The lowest BCUT2D eigenvalue weighted by molar-refractivity contribution is -0.118. The fraction of sp³-hybridized carbons (Fsp3) is 0.273. The number of aliphatic hydroxyl groups excluding tert-OH is 1. The molecule has 5 rings (SSSR count). The van der Waals surface area contributed by atoms with Gasteiger partial charge in [-0.25, -0.2) is 9.67 Å². The number of carbonyl (C=O) groups excluding carboxylic acids is 1. The van der Waals surface area contributed by atoms with Crippen LogP contribution in [0.25, 0.3) is 5.57 Å². The quantitative estimate of drug-likeness (QED) is 0.157. The van der Waals surface area contributed by atoms with Crippen molar-refractivity contribution in [2.24, 2.45) is 4.99 Å². The molecule has 3 heterocycles. The molecular formula is C33H36BF2N7O3. The molecule has 4 aromatic rings. The lowest BCUT2D eigenvalue weighted by atomic mass is 9.98. The minimum absolute atomic E-state index is 0.221. The molecule has 0 spiro atoms. The van der Waals surface area contributed by atoms with Gasteiger partial charge in [0, 0.05) is 35.0 Å². The van der Waals surface area contributed by atoms with E-state index < -0.39 is 19.9 Å². The van der Waals surface area contributed by atoms with Crippen LogP contribution in [-0.4, -0.2) is 56.9 Å². The first-order valence-electron chi connectivity index (χ1n) is 15.2. The molecule has 10 nitrogen and oxygen atoms in total. The number of aromatic nitrogens is 4. The molecule has 1 aliphatic heterocycles. The third-order valence-electron chi connectivity index (χ3n) is 7.56. The predicted octanol–water partition coefficient (Wildman–Crippen LogP) is 5.97. The highest BCUT2D eigenvalue weighted by atomic mass is 19.2. The Morgan fingerprint density at radius 3 is 2.57 bits per heavy atom. The molecule has 0 saturated carbocycles. The van der Waals surface area contributed by atoms with Crippen LogP contribution < -0.4 is 15.4 Å². The zero-order valence-corrected chi connectivity index (χ0v) is 26.0. The first-order chi connectivity index (χ1) is 22.3. The van der Waals surface area contributed by atoms with Gasteiger partial charge < -0.3 is 25.0 Å². The first-order valence-corrected chi connectivity index (χ1v) is 15.2. The molecule has 0 radical (unpaired) electrons. The van der Waals surface area contributed by atoms with E-state index in [4.69, 9.17) is 14.8 Å². The number of anilines is 2. The van der Waals surface area contributed by atoms with Crippen molar-refractivity contribution in [2.45, 2.75) is 46.1 Å². The van der Waals surface area contributed by atoms with Crippen LogP contribution in [0.1, 0.15) is 62.0 Å². The van der Waals surface area contributed by atoms with Crippen molar-refractivity contribution in [3.05, 3.63) is 107 Å². The SMILES string of the molecule is CCCC(C)c1cn(C2=N/C(=C(/c3ccc(NC(=O)CO)cc3)c3ccc(NCc4ccccc4OCC)n3B(F)F)C=C2)nn1. The fourth-order valence-corrected chi connectivity index (χ4v) is 5.30. The standard InChI is InChI=1S/C33H36BF2N7O3/c1-4-8-22(3)27-20-42(41-40-27)31-17-15-26(39-31)33(23-11-13-25(14-12-23)38-32(45)21-44)28-16-18-30(43(28)34(35)36)37-19-24-9-6-7-10-29(24)46-5-2/h6-7,9-18,20,22,37,44H,4-5,8,19,21H2,1-3H3,(H,38,45)/b33-26-. The Labute approximate surface area is 266 Å². The molecule has 0 saturated heterocycles.